The summed E-state index contributed by atoms with van der Waals surface area (Å²) >= 11 is 0. The van der Waals surface area contributed by atoms with Gasteiger partial charge in [0, 0.05) is 25.7 Å². The van der Waals surface area contributed by atoms with Crippen LogP contribution in [0.25, 0.3) is 0 Å². The number of hydrogen-bond donors (Lipinski definition) is 0. The lowest BCUT2D eigenvalue weighted by Crippen LogP contribution is -3.00. The summed E-state index contributed by atoms with van der Waals surface area (Å²) < 4.78 is 7.48. The number of rotatable bonds is 4. The fourth-order valence-corrected chi connectivity index (χ4v) is 6.40. The molecule has 0 radical (unpaired) electrons. The van der Waals surface area contributed by atoms with Crippen molar-refractivity contribution in [2.45, 2.75) is 69.2 Å². The van der Waals surface area contributed by atoms with Gasteiger partial charge in [0.1, 0.15) is 5.92 Å². The van der Waals surface area contributed by atoms with E-state index in [1.54, 1.807) is 0 Å². The molecule has 5 rings (SSSR count). The molecule has 3 fully saturated rings. The molecule has 2 aromatic rings. The topological polar surface area (TPSA) is 26.3 Å². The largest absolute Gasteiger partial charge is 1.00 e. The summed E-state index contributed by atoms with van der Waals surface area (Å²) in [5.41, 5.74) is 2.04. The summed E-state index contributed by atoms with van der Waals surface area (Å²) in [7, 11) is 0. The molecule has 0 aliphatic carbocycles. The Labute approximate surface area is 180 Å². The Hall–Kier alpha value is -1.84. The highest BCUT2D eigenvalue weighted by atomic mass is 35.5. The van der Waals surface area contributed by atoms with Crippen LogP contribution in [0.1, 0.15) is 62.0 Å². The van der Waals surface area contributed by atoms with Crippen molar-refractivity contribution in [1.82, 2.24) is 0 Å². The van der Waals surface area contributed by atoms with Gasteiger partial charge in [0.05, 0.1) is 18.6 Å². The SMILES string of the molecule is O=C(OC1CCC[N+]12C1CCCC2CC1)C(c1ccccc1)c1ccccc1.[Cl-]. The molecule has 3 aliphatic rings. The highest BCUT2D eigenvalue weighted by Crippen LogP contribution is 2.49. The summed E-state index contributed by atoms with van der Waals surface area (Å²) in [6.07, 6.45) is 8.88. The fourth-order valence-electron chi connectivity index (χ4n) is 6.40. The lowest BCUT2D eigenvalue weighted by Gasteiger charge is -2.48. The summed E-state index contributed by atoms with van der Waals surface area (Å²) in [5.74, 6) is -0.419. The molecule has 2 aromatic carbocycles. The molecule has 0 N–H and O–H groups in total. The van der Waals surface area contributed by atoms with Crippen LogP contribution in [0.3, 0.4) is 0 Å². The molecule has 0 saturated carbocycles. The third kappa shape index (κ3) is 3.49. The average Bonchev–Trinajstić information content (AvgIpc) is 3.19. The number of ether oxygens (including phenoxy) is 1. The van der Waals surface area contributed by atoms with Crippen LogP contribution in [0.2, 0.25) is 0 Å². The molecule has 3 atom stereocenters. The van der Waals surface area contributed by atoms with E-state index < -0.39 is 0 Å². The Kier molecular flexibility index (Phi) is 5.98. The van der Waals surface area contributed by atoms with E-state index in [2.05, 4.69) is 0 Å². The predicted octanol–water partition coefficient (Wildman–Crippen LogP) is 2.02. The Morgan fingerprint density at radius 1 is 0.793 bits per heavy atom. The minimum Gasteiger partial charge on any atom is -1.00 e. The van der Waals surface area contributed by atoms with Gasteiger partial charge in [-0.3, -0.25) is 9.28 Å². The van der Waals surface area contributed by atoms with Gasteiger partial charge in [0.15, 0.2) is 0 Å². The Bertz CT molecular complexity index is 770. The van der Waals surface area contributed by atoms with Crippen molar-refractivity contribution >= 4 is 5.97 Å². The quantitative estimate of drug-likeness (QED) is 0.568. The van der Waals surface area contributed by atoms with Crippen LogP contribution >= 0.6 is 0 Å². The second kappa shape index (κ2) is 8.49. The van der Waals surface area contributed by atoms with Crippen LogP contribution in [0.15, 0.2) is 60.7 Å². The highest BCUT2D eigenvalue weighted by molar-refractivity contribution is 5.82. The smallest absolute Gasteiger partial charge is 0.322 e. The standard InChI is InChI=1S/C25H30NO2.ClH/c27-25(24(19-9-3-1-4-10-19)20-11-5-2-6-12-20)28-23-15-8-18-26(23)21-13-7-14-22(26)17-16-21;/h1-6,9-12,21-24H,7-8,13-18H2;1H/q+1;/p-1. The number of quaternary nitrogens is 1. The van der Waals surface area contributed by atoms with Gasteiger partial charge in [-0.15, -0.1) is 0 Å². The molecule has 3 unspecified atom stereocenters. The average molecular weight is 412 g/mol. The van der Waals surface area contributed by atoms with E-state index in [9.17, 15) is 4.79 Å². The Morgan fingerprint density at radius 2 is 1.34 bits per heavy atom. The normalized spacial score (nSPS) is 30.3. The molecule has 2 bridgehead atoms. The molecule has 3 heterocycles. The lowest BCUT2D eigenvalue weighted by molar-refractivity contribution is -0.992. The van der Waals surface area contributed by atoms with Gasteiger partial charge >= 0.3 is 5.97 Å². The number of nitrogens with zero attached hydrogens (tertiary/aromatic N) is 1. The van der Waals surface area contributed by atoms with Crippen molar-refractivity contribution in [3.05, 3.63) is 71.8 Å². The maximum Gasteiger partial charge on any atom is 0.322 e. The van der Waals surface area contributed by atoms with E-state index in [1.807, 2.05) is 60.7 Å². The zero-order valence-electron chi connectivity index (χ0n) is 16.9. The second-order valence-corrected chi connectivity index (χ2v) is 8.82. The first kappa shape index (κ1) is 20.4. The number of piperidine rings is 1. The second-order valence-electron chi connectivity index (χ2n) is 8.82. The predicted molar refractivity (Wildman–Crippen MR) is 110 cm³/mol. The maximum atomic E-state index is 13.5. The van der Waals surface area contributed by atoms with Crippen molar-refractivity contribution in [3.63, 3.8) is 0 Å². The molecular formula is C25H30ClNO2. The molecule has 154 valence electrons. The Balaban J connectivity index is 0.00000205. The van der Waals surface area contributed by atoms with Crippen LogP contribution in [0.5, 0.6) is 0 Å². The molecule has 3 nitrogen and oxygen atoms in total. The summed E-state index contributed by atoms with van der Waals surface area (Å²) in [6, 6.07) is 21.6. The van der Waals surface area contributed by atoms with Gasteiger partial charge in [-0.2, -0.15) is 0 Å². The van der Waals surface area contributed by atoms with Gasteiger partial charge in [-0.1, -0.05) is 60.7 Å². The van der Waals surface area contributed by atoms with E-state index in [1.165, 1.54) is 45.1 Å². The first-order valence-corrected chi connectivity index (χ1v) is 11.0. The monoisotopic (exact) mass is 411 g/mol. The third-order valence-corrected chi connectivity index (χ3v) is 7.55. The van der Waals surface area contributed by atoms with Gasteiger partial charge in [-0.25, -0.2) is 0 Å². The molecule has 0 aromatic heterocycles. The first-order valence-electron chi connectivity index (χ1n) is 11.0. The molecular weight excluding hydrogens is 382 g/mol. The van der Waals surface area contributed by atoms with Gasteiger partial charge in [0.25, 0.3) is 0 Å². The van der Waals surface area contributed by atoms with E-state index in [-0.39, 0.29) is 30.5 Å². The Morgan fingerprint density at radius 3 is 1.90 bits per heavy atom. The number of halogens is 1. The van der Waals surface area contributed by atoms with Crippen LogP contribution in [-0.2, 0) is 9.53 Å². The van der Waals surface area contributed by atoms with Crippen molar-refractivity contribution in [1.29, 1.82) is 0 Å². The third-order valence-electron chi connectivity index (χ3n) is 7.55. The van der Waals surface area contributed by atoms with E-state index in [0.717, 1.165) is 22.0 Å². The molecule has 3 saturated heterocycles. The van der Waals surface area contributed by atoms with Crippen molar-refractivity contribution < 1.29 is 26.4 Å². The minimum atomic E-state index is -0.342. The van der Waals surface area contributed by atoms with Crippen LogP contribution in [0, 0.1) is 0 Å². The minimum absolute atomic E-state index is 0. The molecule has 29 heavy (non-hydrogen) atoms. The van der Waals surface area contributed by atoms with Crippen LogP contribution < -0.4 is 12.4 Å². The zero-order chi connectivity index (χ0) is 19.0. The van der Waals surface area contributed by atoms with E-state index in [4.69, 9.17) is 4.74 Å². The fraction of sp³-hybridized carbons (Fsp3) is 0.480. The summed E-state index contributed by atoms with van der Waals surface area (Å²) in [6.45, 7) is 1.20. The van der Waals surface area contributed by atoms with Crippen LogP contribution in [-0.4, -0.2) is 35.3 Å². The number of hydrogen-bond acceptors (Lipinski definition) is 2. The van der Waals surface area contributed by atoms with Crippen molar-refractivity contribution in [2.75, 3.05) is 6.54 Å². The van der Waals surface area contributed by atoms with E-state index >= 15 is 0 Å². The number of carbonyl (C=O) groups excluding carboxylic acids is 1. The number of carbonyl (C=O) groups is 1. The highest BCUT2D eigenvalue weighted by Gasteiger charge is 2.59. The first-order chi connectivity index (χ1) is 13.8. The molecule has 4 heteroatoms. The number of esters is 1. The van der Waals surface area contributed by atoms with E-state index in [0.29, 0.717) is 12.1 Å². The molecule has 1 spiro atoms. The summed E-state index contributed by atoms with van der Waals surface area (Å²) in [4.78, 5) is 13.5. The van der Waals surface area contributed by atoms with Gasteiger partial charge in [0.2, 0.25) is 6.23 Å². The van der Waals surface area contributed by atoms with Crippen LogP contribution in [0.4, 0.5) is 0 Å². The lowest BCUT2D eigenvalue weighted by atomic mass is 9.91. The molecule has 3 aliphatic heterocycles. The zero-order valence-corrected chi connectivity index (χ0v) is 17.6. The van der Waals surface area contributed by atoms with Crippen molar-refractivity contribution in [2.24, 2.45) is 0 Å². The summed E-state index contributed by atoms with van der Waals surface area (Å²) in [5, 5.41) is 0. The van der Waals surface area contributed by atoms with Gasteiger partial charge < -0.3 is 17.1 Å². The van der Waals surface area contributed by atoms with Gasteiger partial charge in [-0.05, 0) is 30.4 Å². The molecule has 0 amide bonds. The number of benzene rings is 2. The maximum absolute atomic E-state index is 13.5. The van der Waals surface area contributed by atoms with Crippen molar-refractivity contribution in [3.8, 4) is 0 Å².